The van der Waals surface area contributed by atoms with Gasteiger partial charge in [-0.25, -0.2) is 17.8 Å². The number of sulfonamides is 1. The van der Waals surface area contributed by atoms with E-state index in [-0.39, 0.29) is 15.9 Å². The maximum atomic E-state index is 13.3. The molecule has 29 heavy (non-hydrogen) atoms. The molecule has 7 nitrogen and oxygen atoms in total. The Bertz CT molecular complexity index is 1120. The number of hydrogen-bond acceptors (Lipinski definition) is 6. The van der Waals surface area contributed by atoms with Crippen LogP contribution in [0.5, 0.6) is 5.75 Å². The van der Waals surface area contributed by atoms with Crippen molar-refractivity contribution in [2.75, 3.05) is 16.2 Å². The topological polar surface area (TPSA) is 88.6 Å². The fourth-order valence-corrected chi connectivity index (χ4v) is 4.77. The second kappa shape index (κ2) is 7.80. The summed E-state index contributed by atoms with van der Waals surface area (Å²) >= 11 is 1.18. The summed E-state index contributed by atoms with van der Waals surface area (Å²) in [5, 5.41) is 1.95. The van der Waals surface area contributed by atoms with Gasteiger partial charge in [-0.15, -0.1) is 11.3 Å². The van der Waals surface area contributed by atoms with Crippen molar-refractivity contribution in [2.24, 2.45) is 0 Å². The van der Waals surface area contributed by atoms with Gasteiger partial charge in [0, 0.05) is 36.3 Å². The quantitative estimate of drug-likeness (QED) is 0.645. The second-order valence-electron chi connectivity index (χ2n) is 6.28. The van der Waals surface area contributed by atoms with Crippen LogP contribution in [0, 0.1) is 5.82 Å². The maximum absolute atomic E-state index is 13.3. The molecule has 4 rings (SSSR count). The summed E-state index contributed by atoms with van der Waals surface area (Å²) in [6.45, 7) is 0.419. The summed E-state index contributed by atoms with van der Waals surface area (Å²) < 4.78 is 46.1. The molecule has 1 fully saturated rings. The van der Waals surface area contributed by atoms with E-state index in [0.717, 1.165) is 0 Å². The van der Waals surface area contributed by atoms with Crippen LogP contribution in [-0.4, -0.2) is 32.0 Å². The third kappa shape index (κ3) is 4.22. The molecule has 1 aromatic heterocycles. The summed E-state index contributed by atoms with van der Waals surface area (Å²) in [5.74, 6) is -0.404. The van der Waals surface area contributed by atoms with Gasteiger partial charge in [0.25, 0.3) is 15.9 Å². The van der Waals surface area contributed by atoms with Crippen molar-refractivity contribution in [1.82, 2.24) is 4.98 Å². The first kappa shape index (κ1) is 19.3. The van der Waals surface area contributed by atoms with Crippen LogP contribution in [0.2, 0.25) is 0 Å². The van der Waals surface area contributed by atoms with Crippen molar-refractivity contribution in [2.45, 2.75) is 17.4 Å². The zero-order chi connectivity index (χ0) is 20.4. The molecule has 1 N–H and O–H groups in total. The molecular formula is C19H16FN3O4S2. The Morgan fingerprint density at radius 1 is 1.21 bits per heavy atom. The SMILES string of the molecule is O=C1C(Oc2cccc(F)c2)CCN1c1ccc(S(=O)(=O)Nc2nccs2)cc1. The van der Waals surface area contributed by atoms with Crippen LogP contribution < -0.4 is 14.4 Å². The van der Waals surface area contributed by atoms with Gasteiger partial charge in [-0.1, -0.05) is 6.07 Å². The predicted octanol–water partition coefficient (Wildman–Crippen LogP) is 3.27. The molecule has 0 aliphatic carbocycles. The van der Waals surface area contributed by atoms with E-state index in [1.54, 1.807) is 23.6 Å². The van der Waals surface area contributed by atoms with Crippen LogP contribution in [0.4, 0.5) is 15.2 Å². The number of anilines is 2. The van der Waals surface area contributed by atoms with Gasteiger partial charge in [-0.2, -0.15) is 0 Å². The number of nitrogens with zero attached hydrogens (tertiary/aromatic N) is 2. The van der Waals surface area contributed by atoms with E-state index in [9.17, 15) is 17.6 Å². The minimum atomic E-state index is -3.76. The van der Waals surface area contributed by atoms with Crippen molar-refractivity contribution in [3.63, 3.8) is 0 Å². The lowest BCUT2D eigenvalue weighted by molar-refractivity contribution is -0.122. The lowest BCUT2D eigenvalue weighted by Gasteiger charge is -2.18. The minimum Gasteiger partial charge on any atom is -0.480 e. The van der Waals surface area contributed by atoms with Crippen molar-refractivity contribution in [3.8, 4) is 5.75 Å². The summed E-state index contributed by atoms with van der Waals surface area (Å²) in [6, 6.07) is 11.6. The van der Waals surface area contributed by atoms with Crippen LogP contribution in [0.3, 0.4) is 0 Å². The average molecular weight is 433 g/mol. The standard InChI is InChI=1S/C19H16FN3O4S2/c20-13-2-1-3-15(12-13)27-17-8-10-23(18(17)24)14-4-6-16(7-5-14)29(25,26)22-19-21-9-11-28-19/h1-7,9,11-12,17H,8,10H2,(H,21,22). The highest BCUT2D eigenvalue weighted by molar-refractivity contribution is 7.93. The number of halogens is 1. The Hall–Kier alpha value is -2.98. The van der Waals surface area contributed by atoms with Crippen LogP contribution >= 0.6 is 11.3 Å². The number of hydrogen-bond donors (Lipinski definition) is 1. The molecule has 0 spiro atoms. The van der Waals surface area contributed by atoms with E-state index in [1.165, 1.54) is 52.8 Å². The molecule has 2 aromatic carbocycles. The molecule has 2 heterocycles. The lowest BCUT2D eigenvalue weighted by Crippen LogP contribution is -2.32. The van der Waals surface area contributed by atoms with Crippen molar-refractivity contribution in [1.29, 1.82) is 0 Å². The van der Waals surface area contributed by atoms with Crippen molar-refractivity contribution in [3.05, 3.63) is 65.9 Å². The minimum absolute atomic E-state index is 0.0654. The molecule has 1 unspecified atom stereocenters. The van der Waals surface area contributed by atoms with E-state index in [2.05, 4.69) is 9.71 Å². The Morgan fingerprint density at radius 2 is 2.00 bits per heavy atom. The fourth-order valence-electron chi connectivity index (χ4n) is 2.98. The van der Waals surface area contributed by atoms with Gasteiger partial charge in [0.05, 0.1) is 4.90 Å². The van der Waals surface area contributed by atoms with Crippen LogP contribution in [0.25, 0.3) is 0 Å². The monoisotopic (exact) mass is 433 g/mol. The molecule has 0 saturated carbocycles. The molecular weight excluding hydrogens is 417 g/mol. The number of rotatable bonds is 6. The third-order valence-electron chi connectivity index (χ3n) is 4.34. The van der Waals surface area contributed by atoms with Crippen molar-refractivity contribution >= 4 is 38.1 Å². The maximum Gasteiger partial charge on any atom is 0.268 e. The number of nitrogens with one attached hydrogen (secondary N) is 1. The van der Waals surface area contributed by atoms with Crippen LogP contribution in [0.1, 0.15) is 6.42 Å². The largest absolute Gasteiger partial charge is 0.480 e. The van der Waals surface area contributed by atoms with Gasteiger partial charge in [-0.05, 0) is 36.4 Å². The fraction of sp³-hybridized carbons (Fsp3) is 0.158. The number of ether oxygens (including phenoxy) is 1. The lowest BCUT2D eigenvalue weighted by atomic mass is 10.3. The van der Waals surface area contributed by atoms with Crippen LogP contribution in [-0.2, 0) is 14.8 Å². The normalized spacial score (nSPS) is 16.8. The third-order valence-corrected chi connectivity index (χ3v) is 6.52. The molecule has 0 bridgehead atoms. The summed E-state index contributed by atoms with van der Waals surface area (Å²) in [4.78, 5) is 18.1. The summed E-state index contributed by atoms with van der Waals surface area (Å²) in [7, 11) is -3.76. The smallest absolute Gasteiger partial charge is 0.268 e. The molecule has 1 atom stereocenters. The van der Waals surface area contributed by atoms with Gasteiger partial charge >= 0.3 is 0 Å². The van der Waals surface area contributed by atoms with E-state index in [0.29, 0.717) is 24.4 Å². The van der Waals surface area contributed by atoms with Gasteiger partial charge in [0.2, 0.25) is 0 Å². The molecule has 10 heteroatoms. The van der Waals surface area contributed by atoms with Crippen LogP contribution in [0.15, 0.2) is 65.0 Å². The number of carbonyl (C=O) groups excluding carboxylic acids is 1. The first-order valence-corrected chi connectivity index (χ1v) is 11.0. The number of carbonyl (C=O) groups is 1. The highest BCUT2D eigenvalue weighted by Gasteiger charge is 2.34. The van der Waals surface area contributed by atoms with E-state index >= 15 is 0 Å². The number of amides is 1. The zero-order valence-electron chi connectivity index (χ0n) is 15.0. The Labute approximate surface area is 170 Å². The average Bonchev–Trinajstić information content (AvgIpc) is 3.32. The van der Waals surface area contributed by atoms with E-state index in [1.807, 2.05) is 0 Å². The first-order valence-electron chi connectivity index (χ1n) is 8.68. The Morgan fingerprint density at radius 3 is 2.69 bits per heavy atom. The summed E-state index contributed by atoms with van der Waals surface area (Å²) in [6.07, 6.45) is 1.24. The number of benzene rings is 2. The number of thiazole rings is 1. The highest BCUT2D eigenvalue weighted by atomic mass is 32.2. The van der Waals surface area contributed by atoms with Crippen molar-refractivity contribution < 1.29 is 22.3 Å². The molecule has 3 aromatic rings. The number of aromatic nitrogens is 1. The summed E-state index contributed by atoms with van der Waals surface area (Å²) in [5.41, 5.74) is 0.563. The van der Waals surface area contributed by atoms with Gasteiger partial charge in [-0.3, -0.25) is 9.52 Å². The zero-order valence-corrected chi connectivity index (χ0v) is 16.6. The predicted molar refractivity (Wildman–Crippen MR) is 107 cm³/mol. The second-order valence-corrected chi connectivity index (χ2v) is 8.86. The molecule has 150 valence electrons. The van der Waals surface area contributed by atoms with Gasteiger partial charge < -0.3 is 9.64 Å². The Balaban J connectivity index is 1.46. The van der Waals surface area contributed by atoms with Gasteiger partial charge in [0.1, 0.15) is 11.6 Å². The molecule has 1 saturated heterocycles. The molecule has 1 amide bonds. The van der Waals surface area contributed by atoms with E-state index < -0.39 is 21.9 Å². The van der Waals surface area contributed by atoms with E-state index in [4.69, 9.17) is 4.74 Å². The van der Waals surface area contributed by atoms with Gasteiger partial charge in [0.15, 0.2) is 11.2 Å². The first-order chi connectivity index (χ1) is 13.9. The highest BCUT2D eigenvalue weighted by Crippen LogP contribution is 2.27. The molecule has 1 aliphatic heterocycles. The Kier molecular flexibility index (Phi) is 5.20. The molecule has 0 radical (unpaired) electrons. The molecule has 1 aliphatic rings.